The molecule has 0 aliphatic carbocycles. The maximum absolute atomic E-state index is 11.5. The van der Waals surface area contributed by atoms with Gasteiger partial charge in [0.05, 0.1) is 5.75 Å². The molecule has 0 spiro atoms. The minimum Gasteiger partial charge on any atom is -0.357 e. The summed E-state index contributed by atoms with van der Waals surface area (Å²) in [6, 6.07) is 0. The lowest BCUT2D eigenvalue weighted by atomic mass is 10.2. The summed E-state index contributed by atoms with van der Waals surface area (Å²) < 4.78 is 23.0. The Balaban J connectivity index is 0.00000529. The minimum atomic E-state index is -2.93. The Morgan fingerprint density at radius 3 is 2.33 bits per heavy atom. The first-order valence-electron chi connectivity index (χ1n) is 9.02. The van der Waals surface area contributed by atoms with Gasteiger partial charge >= 0.3 is 0 Å². The van der Waals surface area contributed by atoms with Crippen molar-refractivity contribution in [2.24, 2.45) is 4.99 Å². The summed E-state index contributed by atoms with van der Waals surface area (Å²) in [4.78, 5) is 7.08. The van der Waals surface area contributed by atoms with Crippen LogP contribution < -0.4 is 10.6 Å². The van der Waals surface area contributed by atoms with Crippen molar-refractivity contribution in [2.45, 2.75) is 46.0 Å². The lowest BCUT2D eigenvalue weighted by Gasteiger charge is -2.19. The molecule has 0 unspecified atom stereocenters. The van der Waals surface area contributed by atoms with Crippen LogP contribution in [0.1, 0.15) is 46.0 Å². The van der Waals surface area contributed by atoms with E-state index in [1.807, 2.05) is 6.92 Å². The Hall–Kier alpha value is -0.0900. The maximum Gasteiger partial charge on any atom is 0.191 e. The van der Waals surface area contributed by atoms with Crippen molar-refractivity contribution < 1.29 is 8.42 Å². The number of aliphatic imine (C=N–C) groups is 1. The summed E-state index contributed by atoms with van der Waals surface area (Å²) in [5.41, 5.74) is 0. The van der Waals surface area contributed by atoms with Crippen molar-refractivity contribution in [3.05, 3.63) is 0 Å². The number of rotatable bonds is 9. The van der Waals surface area contributed by atoms with E-state index in [0.29, 0.717) is 6.54 Å². The van der Waals surface area contributed by atoms with Crippen LogP contribution in [0.2, 0.25) is 0 Å². The van der Waals surface area contributed by atoms with Gasteiger partial charge in [0.2, 0.25) is 0 Å². The third-order valence-electron chi connectivity index (χ3n) is 4.09. The molecule has 1 aliphatic heterocycles. The van der Waals surface area contributed by atoms with Crippen molar-refractivity contribution in [3.8, 4) is 0 Å². The molecule has 2 N–H and O–H groups in total. The van der Waals surface area contributed by atoms with Gasteiger partial charge in [-0.2, -0.15) is 0 Å². The van der Waals surface area contributed by atoms with Crippen LogP contribution in [0.5, 0.6) is 0 Å². The molecule has 0 atom stereocenters. The topological polar surface area (TPSA) is 73.8 Å². The normalized spacial score (nSPS) is 17.0. The second kappa shape index (κ2) is 14.1. The van der Waals surface area contributed by atoms with Crippen molar-refractivity contribution >= 4 is 39.8 Å². The Morgan fingerprint density at radius 2 is 1.75 bits per heavy atom. The van der Waals surface area contributed by atoms with Gasteiger partial charge in [0.15, 0.2) is 15.8 Å². The average molecular weight is 474 g/mol. The zero-order valence-electron chi connectivity index (χ0n) is 15.2. The van der Waals surface area contributed by atoms with Gasteiger partial charge in [-0.1, -0.05) is 19.8 Å². The van der Waals surface area contributed by atoms with Crippen LogP contribution >= 0.6 is 24.0 Å². The molecule has 0 aromatic carbocycles. The fraction of sp³-hybridized carbons (Fsp3) is 0.938. The van der Waals surface area contributed by atoms with Gasteiger partial charge in [-0.25, -0.2) is 8.42 Å². The quantitative estimate of drug-likeness (QED) is 0.231. The molecule has 8 heteroatoms. The molecule has 1 rings (SSSR count). The third kappa shape index (κ3) is 11.5. The molecule has 0 saturated carbocycles. The molecule has 0 aromatic rings. The van der Waals surface area contributed by atoms with E-state index in [2.05, 4.69) is 20.5 Å². The number of hydrogen-bond donors (Lipinski definition) is 2. The molecular weight excluding hydrogens is 439 g/mol. The van der Waals surface area contributed by atoms with Crippen LogP contribution in [-0.4, -0.2) is 70.1 Å². The van der Waals surface area contributed by atoms with Crippen LogP contribution in [-0.2, 0) is 9.84 Å². The van der Waals surface area contributed by atoms with Crippen molar-refractivity contribution in [2.75, 3.05) is 50.8 Å². The van der Waals surface area contributed by atoms with Gasteiger partial charge in [-0.05, 0) is 45.8 Å². The smallest absolute Gasteiger partial charge is 0.191 e. The number of halogens is 1. The van der Waals surface area contributed by atoms with E-state index in [1.54, 1.807) is 6.92 Å². The van der Waals surface area contributed by atoms with Crippen molar-refractivity contribution in [1.29, 1.82) is 0 Å². The highest BCUT2D eigenvalue weighted by molar-refractivity contribution is 14.0. The molecule has 24 heavy (non-hydrogen) atoms. The summed E-state index contributed by atoms with van der Waals surface area (Å²) >= 11 is 0. The minimum absolute atomic E-state index is 0. The molecule has 0 aromatic heterocycles. The highest BCUT2D eigenvalue weighted by Crippen LogP contribution is 2.09. The summed E-state index contributed by atoms with van der Waals surface area (Å²) in [6.45, 7) is 9.19. The fourth-order valence-corrected chi connectivity index (χ4v) is 3.36. The van der Waals surface area contributed by atoms with Crippen LogP contribution in [0.25, 0.3) is 0 Å². The van der Waals surface area contributed by atoms with Gasteiger partial charge in [-0.15, -0.1) is 24.0 Å². The Labute approximate surface area is 165 Å². The molecule has 0 amide bonds. The van der Waals surface area contributed by atoms with E-state index in [1.165, 1.54) is 38.8 Å². The van der Waals surface area contributed by atoms with Gasteiger partial charge in [0, 0.05) is 25.4 Å². The fourth-order valence-electron chi connectivity index (χ4n) is 2.66. The summed E-state index contributed by atoms with van der Waals surface area (Å²) in [6.07, 6.45) is 6.41. The van der Waals surface area contributed by atoms with Crippen LogP contribution in [0.15, 0.2) is 4.99 Å². The molecule has 1 aliphatic rings. The molecule has 144 valence electrons. The van der Waals surface area contributed by atoms with Crippen molar-refractivity contribution in [1.82, 2.24) is 15.5 Å². The lowest BCUT2D eigenvalue weighted by molar-refractivity contribution is 0.283. The van der Waals surface area contributed by atoms with E-state index in [0.717, 1.165) is 32.0 Å². The number of likely N-dealkylation sites (tertiary alicyclic amines) is 1. The van der Waals surface area contributed by atoms with Gasteiger partial charge in [0.1, 0.15) is 0 Å². The molecule has 1 saturated heterocycles. The molecule has 6 nitrogen and oxygen atoms in total. The number of sulfone groups is 1. The Morgan fingerprint density at radius 1 is 1.08 bits per heavy atom. The molecule has 0 radical (unpaired) electrons. The molecule has 0 bridgehead atoms. The van der Waals surface area contributed by atoms with E-state index >= 15 is 0 Å². The Kier molecular flexibility index (Phi) is 14.1. The van der Waals surface area contributed by atoms with E-state index < -0.39 is 9.84 Å². The van der Waals surface area contributed by atoms with Crippen molar-refractivity contribution in [3.63, 3.8) is 0 Å². The predicted octanol–water partition coefficient (Wildman–Crippen LogP) is 1.86. The average Bonchev–Trinajstić information content (AvgIpc) is 2.80. The SMILES string of the molecule is CCNC(=NCCCN1CCCCCC1)NCCS(=O)(=O)CC.I. The maximum atomic E-state index is 11.5. The number of nitrogens with one attached hydrogen (secondary N) is 2. The molecule has 1 fully saturated rings. The summed E-state index contributed by atoms with van der Waals surface area (Å²) in [7, 11) is -2.93. The lowest BCUT2D eigenvalue weighted by Crippen LogP contribution is -2.40. The van der Waals surface area contributed by atoms with Crippen LogP contribution in [0.4, 0.5) is 0 Å². The van der Waals surface area contributed by atoms with E-state index in [4.69, 9.17) is 0 Å². The highest BCUT2D eigenvalue weighted by Gasteiger charge is 2.09. The first-order chi connectivity index (χ1) is 11.1. The van der Waals surface area contributed by atoms with Gasteiger partial charge < -0.3 is 15.5 Å². The Bertz CT molecular complexity index is 435. The first kappa shape index (κ1) is 23.9. The number of nitrogens with zero attached hydrogens (tertiary/aromatic N) is 2. The molecular formula is C16H35IN4O2S. The van der Waals surface area contributed by atoms with Gasteiger partial charge in [-0.3, -0.25) is 4.99 Å². The zero-order chi connectivity index (χ0) is 17.0. The third-order valence-corrected chi connectivity index (χ3v) is 5.80. The van der Waals surface area contributed by atoms with E-state index in [9.17, 15) is 8.42 Å². The summed E-state index contributed by atoms with van der Waals surface area (Å²) in [5.74, 6) is 1.06. The summed E-state index contributed by atoms with van der Waals surface area (Å²) in [5, 5.41) is 6.27. The first-order valence-corrected chi connectivity index (χ1v) is 10.8. The second-order valence-electron chi connectivity index (χ2n) is 6.03. The number of guanidine groups is 1. The van der Waals surface area contributed by atoms with E-state index in [-0.39, 0.29) is 35.5 Å². The zero-order valence-corrected chi connectivity index (χ0v) is 18.4. The largest absolute Gasteiger partial charge is 0.357 e. The van der Waals surface area contributed by atoms with Gasteiger partial charge in [0.25, 0.3) is 0 Å². The monoisotopic (exact) mass is 474 g/mol. The van der Waals surface area contributed by atoms with Crippen LogP contribution in [0, 0.1) is 0 Å². The predicted molar refractivity (Wildman–Crippen MR) is 113 cm³/mol. The number of hydrogen-bond acceptors (Lipinski definition) is 4. The second-order valence-corrected chi connectivity index (χ2v) is 8.51. The standard InChI is InChI=1S/C16H34N4O2S.HI/c1-3-17-16(19-11-15-23(21,22)4-2)18-10-9-14-20-12-7-5-6-8-13-20;/h3-15H2,1-2H3,(H2,17,18,19);1H. The molecule has 1 heterocycles. The highest BCUT2D eigenvalue weighted by atomic mass is 127. The van der Waals surface area contributed by atoms with Crippen LogP contribution in [0.3, 0.4) is 0 Å².